The first kappa shape index (κ1) is 13.2. The fourth-order valence-corrected chi connectivity index (χ4v) is 2.45. The first-order chi connectivity index (χ1) is 8.44. The molecule has 5 heteroatoms. The van der Waals surface area contributed by atoms with E-state index < -0.39 is 0 Å². The van der Waals surface area contributed by atoms with Crippen molar-refractivity contribution in [3.05, 3.63) is 28.2 Å². The van der Waals surface area contributed by atoms with Gasteiger partial charge in [-0.2, -0.15) is 0 Å². The molecule has 2 rings (SSSR count). The van der Waals surface area contributed by atoms with Crippen molar-refractivity contribution in [3.8, 4) is 5.75 Å². The molecule has 0 spiro atoms. The normalized spacial score (nSPS) is 22.0. The van der Waals surface area contributed by atoms with Gasteiger partial charge in [0.05, 0.1) is 13.2 Å². The molecular formula is C13H16BrNO3. The summed E-state index contributed by atoms with van der Waals surface area (Å²) in [7, 11) is 1.62. The third kappa shape index (κ3) is 2.46. The minimum absolute atomic E-state index is 0.123. The quantitative estimate of drug-likeness (QED) is 0.911. The van der Waals surface area contributed by atoms with Gasteiger partial charge in [0, 0.05) is 15.5 Å². The second-order valence-corrected chi connectivity index (χ2v) is 5.94. The maximum absolute atomic E-state index is 11.4. The zero-order chi connectivity index (χ0) is 13.3. The fraction of sp³-hybridized carbons (Fsp3) is 0.462. The molecular weight excluding hydrogens is 298 g/mol. The third-order valence-corrected chi connectivity index (χ3v) is 3.62. The molecule has 98 valence electrons. The van der Waals surface area contributed by atoms with Gasteiger partial charge in [-0.3, -0.25) is 0 Å². The molecule has 1 saturated heterocycles. The molecule has 0 bridgehead atoms. The van der Waals surface area contributed by atoms with Gasteiger partial charge in [-0.15, -0.1) is 0 Å². The number of ether oxygens (including phenoxy) is 2. The molecule has 1 N–H and O–H groups in total. The predicted octanol–water partition coefficient (Wildman–Crippen LogP) is 3.26. The van der Waals surface area contributed by atoms with Crippen molar-refractivity contribution in [3.63, 3.8) is 0 Å². The van der Waals surface area contributed by atoms with Crippen LogP contribution in [0.5, 0.6) is 5.75 Å². The van der Waals surface area contributed by atoms with Crippen LogP contribution in [0.2, 0.25) is 0 Å². The van der Waals surface area contributed by atoms with E-state index in [9.17, 15) is 4.79 Å². The molecule has 1 aromatic carbocycles. The number of cyclic esters (lactones) is 1. The molecule has 1 aliphatic rings. The smallest absolute Gasteiger partial charge is 0.407 e. The summed E-state index contributed by atoms with van der Waals surface area (Å²) in [6.45, 7) is 4.50. The van der Waals surface area contributed by atoms with E-state index in [1.54, 1.807) is 7.11 Å². The molecule has 0 unspecified atom stereocenters. The van der Waals surface area contributed by atoms with Crippen LogP contribution in [0, 0.1) is 5.41 Å². The lowest BCUT2D eigenvalue weighted by atomic mass is 9.80. The molecule has 1 heterocycles. The van der Waals surface area contributed by atoms with Crippen molar-refractivity contribution >= 4 is 22.0 Å². The Hall–Kier alpha value is -1.23. The Kier molecular flexibility index (Phi) is 3.52. The lowest BCUT2D eigenvalue weighted by Crippen LogP contribution is -2.47. The molecule has 0 aliphatic carbocycles. The Labute approximate surface area is 115 Å². The Bertz CT molecular complexity index is 473. The minimum Gasteiger partial charge on any atom is -0.496 e. The van der Waals surface area contributed by atoms with Gasteiger partial charge in [0.1, 0.15) is 12.4 Å². The van der Waals surface area contributed by atoms with Gasteiger partial charge in [0.15, 0.2) is 0 Å². The molecule has 0 saturated carbocycles. The maximum atomic E-state index is 11.4. The van der Waals surface area contributed by atoms with Crippen LogP contribution in [-0.2, 0) is 4.74 Å². The van der Waals surface area contributed by atoms with Crippen LogP contribution in [0.15, 0.2) is 22.7 Å². The van der Waals surface area contributed by atoms with Gasteiger partial charge in [0.2, 0.25) is 0 Å². The van der Waals surface area contributed by atoms with E-state index in [2.05, 4.69) is 35.1 Å². The van der Waals surface area contributed by atoms with Gasteiger partial charge in [-0.25, -0.2) is 4.79 Å². The minimum atomic E-state index is -0.385. The van der Waals surface area contributed by atoms with Gasteiger partial charge >= 0.3 is 6.09 Å². The van der Waals surface area contributed by atoms with Crippen LogP contribution in [0.1, 0.15) is 25.5 Å². The van der Waals surface area contributed by atoms with E-state index in [0.717, 1.165) is 15.8 Å². The molecule has 0 aromatic heterocycles. The summed E-state index contributed by atoms with van der Waals surface area (Å²) in [6, 6.07) is 5.67. The summed E-state index contributed by atoms with van der Waals surface area (Å²) in [5, 5.41) is 2.86. The van der Waals surface area contributed by atoms with Crippen molar-refractivity contribution in [2.24, 2.45) is 5.41 Å². The summed E-state index contributed by atoms with van der Waals surface area (Å²) < 4.78 is 11.4. The zero-order valence-electron chi connectivity index (χ0n) is 10.6. The second kappa shape index (κ2) is 4.80. The molecule has 1 amide bonds. The van der Waals surface area contributed by atoms with Gasteiger partial charge in [-0.05, 0) is 12.1 Å². The Morgan fingerprint density at radius 2 is 2.22 bits per heavy atom. The van der Waals surface area contributed by atoms with E-state index in [1.165, 1.54) is 0 Å². The number of carbonyl (C=O) groups is 1. The van der Waals surface area contributed by atoms with E-state index in [0.29, 0.717) is 6.61 Å². The number of benzene rings is 1. The largest absolute Gasteiger partial charge is 0.496 e. The highest BCUT2D eigenvalue weighted by Gasteiger charge is 2.39. The highest BCUT2D eigenvalue weighted by molar-refractivity contribution is 9.10. The lowest BCUT2D eigenvalue weighted by Gasteiger charge is -2.39. The number of carbonyl (C=O) groups excluding carboxylic acids is 1. The van der Waals surface area contributed by atoms with Crippen LogP contribution in [0.3, 0.4) is 0 Å². The summed E-state index contributed by atoms with van der Waals surface area (Å²) in [6.07, 6.45) is -0.385. The third-order valence-electron chi connectivity index (χ3n) is 3.13. The SMILES string of the molecule is COc1cc(Br)ccc1[C@H]1NC(=O)OCC1(C)C. The van der Waals surface area contributed by atoms with Crippen LogP contribution >= 0.6 is 15.9 Å². The molecule has 1 aromatic rings. The highest BCUT2D eigenvalue weighted by atomic mass is 79.9. The maximum Gasteiger partial charge on any atom is 0.407 e. The number of amides is 1. The first-order valence-corrected chi connectivity index (χ1v) is 6.50. The summed E-state index contributed by atoms with van der Waals surface area (Å²) in [4.78, 5) is 11.4. The predicted molar refractivity (Wildman–Crippen MR) is 71.7 cm³/mol. The van der Waals surface area contributed by atoms with Crippen LogP contribution in [0.25, 0.3) is 0 Å². The van der Waals surface area contributed by atoms with Crippen LogP contribution < -0.4 is 10.1 Å². The van der Waals surface area contributed by atoms with Crippen LogP contribution in [-0.4, -0.2) is 19.8 Å². The number of hydrogen-bond donors (Lipinski definition) is 1. The Balaban J connectivity index is 2.42. The summed E-state index contributed by atoms with van der Waals surface area (Å²) in [5.74, 6) is 0.754. The first-order valence-electron chi connectivity index (χ1n) is 5.71. The number of rotatable bonds is 2. The molecule has 4 nitrogen and oxygen atoms in total. The standard InChI is InChI=1S/C13H16BrNO3/c1-13(2)7-18-12(16)15-11(13)9-5-4-8(14)6-10(9)17-3/h4-6,11H,7H2,1-3H3,(H,15,16)/t11-/m1/s1. The van der Waals surface area contributed by atoms with Gasteiger partial charge in [0.25, 0.3) is 0 Å². The number of nitrogens with one attached hydrogen (secondary N) is 1. The number of hydrogen-bond acceptors (Lipinski definition) is 3. The number of halogens is 1. The molecule has 0 radical (unpaired) electrons. The Morgan fingerprint density at radius 3 is 2.89 bits per heavy atom. The topological polar surface area (TPSA) is 47.6 Å². The fourth-order valence-electron chi connectivity index (χ4n) is 2.11. The highest BCUT2D eigenvalue weighted by Crippen LogP contribution is 2.40. The molecule has 1 aliphatic heterocycles. The second-order valence-electron chi connectivity index (χ2n) is 5.03. The van der Waals surface area contributed by atoms with Crippen molar-refractivity contribution in [2.45, 2.75) is 19.9 Å². The van der Waals surface area contributed by atoms with E-state index >= 15 is 0 Å². The summed E-state index contributed by atoms with van der Waals surface area (Å²) >= 11 is 3.41. The molecule has 1 atom stereocenters. The monoisotopic (exact) mass is 313 g/mol. The van der Waals surface area contributed by atoms with E-state index in [1.807, 2.05) is 18.2 Å². The molecule has 1 fully saturated rings. The lowest BCUT2D eigenvalue weighted by molar-refractivity contribution is 0.0381. The van der Waals surface area contributed by atoms with Crippen molar-refractivity contribution in [1.29, 1.82) is 0 Å². The average Bonchev–Trinajstić information content (AvgIpc) is 2.32. The number of alkyl carbamates (subject to hydrolysis) is 1. The van der Waals surface area contributed by atoms with E-state index in [-0.39, 0.29) is 17.6 Å². The summed E-state index contributed by atoms with van der Waals surface area (Å²) in [5.41, 5.74) is 0.775. The zero-order valence-corrected chi connectivity index (χ0v) is 12.2. The van der Waals surface area contributed by atoms with Crippen molar-refractivity contribution < 1.29 is 14.3 Å². The van der Waals surface area contributed by atoms with Crippen molar-refractivity contribution in [2.75, 3.05) is 13.7 Å². The average molecular weight is 314 g/mol. The van der Waals surface area contributed by atoms with Crippen LogP contribution in [0.4, 0.5) is 4.79 Å². The van der Waals surface area contributed by atoms with Crippen molar-refractivity contribution in [1.82, 2.24) is 5.32 Å². The van der Waals surface area contributed by atoms with Gasteiger partial charge < -0.3 is 14.8 Å². The molecule has 18 heavy (non-hydrogen) atoms. The Morgan fingerprint density at radius 1 is 1.50 bits per heavy atom. The number of methoxy groups -OCH3 is 1. The van der Waals surface area contributed by atoms with Gasteiger partial charge in [-0.1, -0.05) is 35.8 Å². The van der Waals surface area contributed by atoms with E-state index in [4.69, 9.17) is 9.47 Å².